The van der Waals surface area contributed by atoms with Crippen LogP contribution in [0.2, 0.25) is 0 Å². The third kappa shape index (κ3) is 2.85. The van der Waals surface area contributed by atoms with Crippen molar-refractivity contribution in [2.75, 3.05) is 21.1 Å². The van der Waals surface area contributed by atoms with Crippen molar-refractivity contribution in [3.8, 4) is 11.1 Å². The van der Waals surface area contributed by atoms with Crippen molar-refractivity contribution in [2.45, 2.75) is 6.18 Å². The Morgan fingerprint density at radius 2 is 1.40 bits per heavy atom. The van der Waals surface area contributed by atoms with E-state index < -0.39 is 11.7 Å². The molecular formula is C16H17F3N+. The molecule has 0 saturated heterocycles. The predicted molar refractivity (Wildman–Crippen MR) is 76.4 cm³/mol. The van der Waals surface area contributed by atoms with Crippen LogP contribution in [0.3, 0.4) is 0 Å². The molecule has 2 rings (SSSR count). The second kappa shape index (κ2) is 4.94. The van der Waals surface area contributed by atoms with E-state index in [0.717, 1.165) is 6.07 Å². The first-order valence-corrected chi connectivity index (χ1v) is 6.29. The molecule has 0 aliphatic heterocycles. The molecule has 0 atom stereocenters. The molecule has 0 aliphatic rings. The van der Waals surface area contributed by atoms with E-state index in [4.69, 9.17) is 0 Å². The van der Waals surface area contributed by atoms with Crippen LogP contribution in [0.25, 0.3) is 11.1 Å². The van der Waals surface area contributed by atoms with Crippen LogP contribution in [0, 0.1) is 0 Å². The van der Waals surface area contributed by atoms with E-state index in [0.29, 0.717) is 15.7 Å². The van der Waals surface area contributed by atoms with Gasteiger partial charge in [0, 0.05) is 0 Å². The van der Waals surface area contributed by atoms with Gasteiger partial charge in [-0.3, -0.25) is 4.48 Å². The second-order valence-corrected chi connectivity index (χ2v) is 5.58. The standard InChI is InChI=1S/C16H17F3N/c1-20(2,3)14-11-7-10-13(16(17,18)19)15(14)12-8-5-4-6-9-12/h4-11H,1-3H3/q+1. The molecule has 0 spiro atoms. The zero-order valence-electron chi connectivity index (χ0n) is 11.7. The van der Waals surface area contributed by atoms with Crippen molar-refractivity contribution in [2.24, 2.45) is 0 Å². The van der Waals surface area contributed by atoms with Gasteiger partial charge in [-0.2, -0.15) is 13.2 Å². The summed E-state index contributed by atoms with van der Waals surface area (Å²) in [6, 6.07) is 13.1. The number of hydrogen-bond donors (Lipinski definition) is 0. The summed E-state index contributed by atoms with van der Waals surface area (Å²) >= 11 is 0. The average molecular weight is 280 g/mol. The van der Waals surface area contributed by atoms with E-state index in [1.54, 1.807) is 36.4 Å². The Kier molecular flexibility index (Phi) is 3.61. The largest absolute Gasteiger partial charge is 0.417 e. The van der Waals surface area contributed by atoms with Crippen LogP contribution < -0.4 is 4.48 Å². The van der Waals surface area contributed by atoms with Crippen molar-refractivity contribution >= 4 is 5.69 Å². The average Bonchev–Trinajstić information content (AvgIpc) is 2.37. The van der Waals surface area contributed by atoms with E-state index in [2.05, 4.69) is 0 Å². The maximum Gasteiger partial charge on any atom is 0.417 e. The molecule has 2 aromatic rings. The highest BCUT2D eigenvalue weighted by Gasteiger charge is 2.36. The smallest absolute Gasteiger partial charge is 0.298 e. The summed E-state index contributed by atoms with van der Waals surface area (Å²) < 4.78 is 40.2. The summed E-state index contributed by atoms with van der Waals surface area (Å²) in [5.41, 5.74) is 0.900. The Balaban J connectivity index is 2.80. The molecule has 106 valence electrons. The van der Waals surface area contributed by atoms with Gasteiger partial charge in [-0.05, 0) is 17.7 Å². The quantitative estimate of drug-likeness (QED) is 0.707. The van der Waals surface area contributed by atoms with Crippen molar-refractivity contribution in [3.05, 3.63) is 54.1 Å². The third-order valence-corrected chi connectivity index (χ3v) is 3.13. The van der Waals surface area contributed by atoms with Crippen molar-refractivity contribution in [1.29, 1.82) is 0 Å². The molecule has 0 unspecified atom stereocenters. The lowest BCUT2D eigenvalue weighted by atomic mass is 9.96. The van der Waals surface area contributed by atoms with Gasteiger partial charge in [0.05, 0.1) is 32.3 Å². The van der Waals surface area contributed by atoms with Gasteiger partial charge in [0.15, 0.2) is 0 Å². The molecule has 0 amide bonds. The number of quaternary nitrogens is 1. The van der Waals surface area contributed by atoms with Gasteiger partial charge in [-0.1, -0.05) is 36.4 Å². The van der Waals surface area contributed by atoms with Gasteiger partial charge in [0.1, 0.15) is 5.69 Å². The predicted octanol–water partition coefficient (Wildman–Crippen LogP) is 4.57. The summed E-state index contributed by atoms with van der Waals surface area (Å²) in [4.78, 5) is 0. The molecule has 0 fully saturated rings. The van der Waals surface area contributed by atoms with Crippen molar-refractivity contribution in [1.82, 2.24) is 4.48 Å². The maximum absolute atomic E-state index is 13.3. The summed E-state index contributed by atoms with van der Waals surface area (Å²) in [6.45, 7) is 0. The van der Waals surface area contributed by atoms with E-state index >= 15 is 0 Å². The monoisotopic (exact) mass is 280 g/mol. The molecule has 0 aromatic heterocycles. The normalized spacial score (nSPS) is 12.5. The van der Waals surface area contributed by atoms with Crippen LogP contribution in [-0.4, -0.2) is 21.1 Å². The summed E-state index contributed by atoms with van der Waals surface area (Å²) in [7, 11) is 5.59. The number of halogens is 3. The Bertz CT molecular complexity index is 563. The maximum atomic E-state index is 13.3. The fraction of sp³-hybridized carbons (Fsp3) is 0.250. The van der Waals surface area contributed by atoms with Gasteiger partial charge < -0.3 is 0 Å². The SMILES string of the molecule is C[N+](C)(C)c1cccc(C(F)(F)F)c1-c1ccccc1. The van der Waals surface area contributed by atoms with Crippen LogP contribution in [0.15, 0.2) is 48.5 Å². The Labute approximate surface area is 116 Å². The van der Waals surface area contributed by atoms with Crippen LogP contribution in [0.4, 0.5) is 18.9 Å². The van der Waals surface area contributed by atoms with Crippen LogP contribution in [0.5, 0.6) is 0 Å². The van der Waals surface area contributed by atoms with Crippen LogP contribution >= 0.6 is 0 Å². The first-order chi connectivity index (χ1) is 9.21. The number of nitrogens with zero attached hydrogens (tertiary/aromatic N) is 1. The minimum Gasteiger partial charge on any atom is -0.298 e. The van der Waals surface area contributed by atoms with Gasteiger partial charge in [-0.25, -0.2) is 0 Å². The van der Waals surface area contributed by atoms with Crippen molar-refractivity contribution in [3.63, 3.8) is 0 Å². The minimum atomic E-state index is -4.36. The third-order valence-electron chi connectivity index (χ3n) is 3.13. The van der Waals surface area contributed by atoms with Crippen LogP contribution in [-0.2, 0) is 6.18 Å². The fourth-order valence-corrected chi connectivity index (χ4v) is 2.24. The molecule has 2 aromatic carbocycles. The van der Waals surface area contributed by atoms with Gasteiger partial charge in [-0.15, -0.1) is 0 Å². The fourth-order valence-electron chi connectivity index (χ4n) is 2.24. The number of rotatable bonds is 2. The van der Waals surface area contributed by atoms with Gasteiger partial charge in [0.2, 0.25) is 0 Å². The highest BCUT2D eigenvalue weighted by atomic mass is 19.4. The molecule has 1 nitrogen and oxygen atoms in total. The van der Waals surface area contributed by atoms with E-state index in [-0.39, 0.29) is 5.56 Å². The Morgan fingerprint density at radius 3 is 1.90 bits per heavy atom. The molecular weight excluding hydrogens is 263 g/mol. The van der Waals surface area contributed by atoms with Crippen molar-refractivity contribution < 1.29 is 13.2 Å². The molecule has 0 radical (unpaired) electrons. The summed E-state index contributed by atoms with van der Waals surface area (Å²) in [6.07, 6.45) is -4.36. The first-order valence-electron chi connectivity index (χ1n) is 6.29. The molecule has 20 heavy (non-hydrogen) atoms. The van der Waals surface area contributed by atoms with Gasteiger partial charge in [0.25, 0.3) is 0 Å². The van der Waals surface area contributed by atoms with Gasteiger partial charge >= 0.3 is 6.18 Å². The first kappa shape index (κ1) is 14.6. The summed E-state index contributed by atoms with van der Waals surface area (Å²) in [5, 5.41) is 0. The van der Waals surface area contributed by atoms with Crippen LogP contribution in [0.1, 0.15) is 5.56 Å². The lowest BCUT2D eigenvalue weighted by molar-refractivity contribution is -0.137. The topological polar surface area (TPSA) is 0 Å². The zero-order valence-corrected chi connectivity index (χ0v) is 11.7. The number of benzene rings is 2. The number of hydrogen-bond acceptors (Lipinski definition) is 0. The molecule has 0 bridgehead atoms. The molecule has 0 heterocycles. The molecule has 0 aliphatic carbocycles. The van der Waals surface area contributed by atoms with E-state index in [1.165, 1.54) is 6.07 Å². The number of alkyl halides is 3. The highest BCUT2D eigenvalue weighted by Crippen LogP contribution is 2.42. The van der Waals surface area contributed by atoms with E-state index in [1.807, 2.05) is 21.1 Å². The lowest BCUT2D eigenvalue weighted by Gasteiger charge is -2.28. The Hall–Kier alpha value is -1.81. The second-order valence-electron chi connectivity index (χ2n) is 5.58. The zero-order chi connectivity index (χ0) is 15.0. The molecule has 0 N–H and O–H groups in total. The van der Waals surface area contributed by atoms with E-state index in [9.17, 15) is 13.2 Å². The molecule has 0 saturated carbocycles. The summed E-state index contributed by atoms with van der Waals surface area (Å²) in [5.74, 6) is 0. The lowest BCUT2D eigenvalue weighted by Crippen LogP contribution is -2.35. The Morgan fingerprint density at radius 1 is 0.800 bits per heavy atom. The highest BCUT2D eigenvalue weighted by molar-refractivity contribution is 5.80. The molecule has 4 heteroatoms. The minimum absolute atomic E-state index is 0.258.